The summed E-state index contributed by atoms with van der Waals surface area (Å²) in [5.41, 5.74) is 6.24. The number of carbonyl (C=O) groups is 1. The molecule has 110 valence electrons. The third-order valence-electron chi connectivity index (χ3n) is 4.10. The Morgan fingerprint density at radius 1 is 1.50 bits per heavy atom. The summed E-state index contributed by atoms with van der Waals surface area (Å²) in [7, 11) is 1.60. The van der Waals surface area contributed by atoms with Crippen LogP contribution in [0.25, 0.3) is 0 Å². The Morgan fingerprint density at radius 2 is 2.30 bits per heavy atom. The van der Waals surface area contributed by atoms with E-state index in [0.717, 1.165) is 17.6 Å². The second-order valence-electron chi connectivity index (χ2n) is 5.61. The molecule has 1 unspecified atom stereocenters. The van der Waals surface area contributed by atoms with Gasteiger partial charge in [0, 0.05) is 26.2 Å². The maximum absolute atomic E-state index is 11.8. The number of hydrogen-bond acceptors (Lipinski definition) is 6. The number of rotatable bonds is 5. The highest BCUT2D eigenvalue weighted by Gasteiger charge is 2.34. The Balaban J connectivity index is 1.57. The molecule has 1 atom stereocenters. The van der Waals surface area contributed by atoms with Crippen LogP contribution < -0.4 is 16.4 Å². The zero-order chi connectivity index (χ0) is 14.1. The zero-order valence-electron chi connectivity index (χ0n) is 11.7. The van der Waals surface area contributed by atoms with Crippen LogP contribution in [0.1, 0.15) is 29.6 Å². The van der Waals surface area contributed by atoms with Crippen molar-refractivity contribution >= 4 is 28.3 Å². The number of anilines is 2. The van der Waals surface area contributed by atoms with Crippen molar-refractivity contribution in [2.24, 2.45) is 5.92 Å². The summed E-state index contributed by atoms with van der Waals surface area (Å²) in [5, 5.41) is 6.75. The van der Waals surface area contributed by atoms with Crippen molar-refractivity contribution in [3.05, 3.63) is 5.56 Å². The predicted molar refractivity (Wildman–Crippen MR) is 81.1 cm³/mol. The van der Waals surface area contributed by atoms with Crippen LogP contribution in [0.2, 0.25) is 0 Å². The van der Waals surface area contributed by atoms with Gasteiger partial charge in [0.2, 0.25) is 0 Å². The Hall–Kier alpha value is -1.34. The van der Waals surface area contributed by atoms with E-state index in [0.29, 0.717) is 17.3 Å². The number of nitrogens with zero attached hydrogens (tertiary/aromatic N) is 2. The molecule has 1 aliphatic carbocycles. The second-order valence-corrected chi connectivity index (χ2v) is 6.39. The standard InChI is InChI=1S/C13H21N5OS/c1-15-12(19)10-11(14)17-20-13(10)16-6-8-4-5-18(7-8)9-2-3-9/h8-9,16H,2-7H2,1H3,(H2,14,17)(H,15,19). The van der Waals surface area contributed by atoms with Gasteiger partial charge >= 0.3 is 0 Å². The van der Waals surface area contributed by atoms with Crippen LogP contribution in [0, 0.1) is 5.92 Å². The number of nitrogens with one attached hydrogen (secondary N) is 2. The lowest BCUT2D eigenvalue weighted by Crippen LogP contribution is -2.25. The molecule has 1 saturated heterocycles. The highest BCUT2D eigenvalue weighted by atomic mass is 32.1. The van der Waals surface area contributed by atoms with Gasteiger partial charge in [-0.25, -0.2) is 0 Å². The minimum atomic E-state index is -0.176. The molecule has 0 spiro atoms. The molecule has 1 aromatic rings. The highest BCUT2D eigenvalue weighted by Crippen LogP contribution is 2.32. The topological polar surface area (TPSA) is 83.3 Å². The third-order valence-corrected chi connectivity index (χ3v) is 4.92. The van der Waals surface area contributed by atoms with Crippen LogP contribution in [0.4, 0.5) is 10.8 Å². The van der Waals surface area contributed by atoms with Gasteiger partial charge in [0.1, 0.15) is 10.6 Å². The molecule has 6 nitrogen and oxygen atoms in total. The number of carbonyl (C=O) groups excluding carboxylic acids is 1. The fourth-order valence-corrected chi connectivity index (χ4v) is 3.52. The average molecular weight is 295 g/mol. The lowest BCUT2D eigenvalue weighted by molar-refractivity contribution is 0.0965. The molecule has 1 amide bonds. The molecule has 0 radical (unpaired) electrons. The van der Waals surface area contributed by atoms with E-state index in [-0.39, 0.29) is 5.91 Å². The van der Waals surface area contributed by atoms with Crippen molar-refractivity contribution in [3.63, 3.8) is 0 Å². The summed E-state index contributed by atoms with van der Waals surface area (Å²) in [6.07, 6.45) is 3.96. The summed E-state index contributed by atoms with van der Waals surface area (Å²) in [5.74, 6) is 0.782. The van der Waals surface area contributed by atoms with Crippen LogP contribution in [-0.4, -0.2) is 47.9 Å². The Kier molecular flexibility index (Phi) is 3.80. The number of nitrogen functional groups attached to an aromatic ring is 1. The van der Waals surface area contributed by atoms with Crippen molar-refractivity contribution in [2.75, 3.05) is 37.7 Å². The molecule has 4 N–H and O–H groups in total. The van der Waals surface area contributed by atoms with Gasteiger partial charge in [-0.2, -0.15) is 4.37 Å². The van der Waals surface area contributed by atoms with Crippen molar-refractivity contribution < 1.29 is 4.79 Å². The van der Waals surface area contributed by atoms with Crippen LogP contribution in [0.15, 0.2) is 0 Å². The van der Waals surface area contributed by atoms with Crippen LogP contribution in [-0.2, 0) is 0 Å². The minimum absolute atomic E-state index is 0.176. The van der Waals surface area contributed by atoms with Gasteiger partial charge < -0.3 is 21.3 Å². The lowest BCUT2D eigenvalue weighted by atomic mass is 10.1. The first-order chi connectivity index (χ1) is 9.69. The summed E-state index contributed by atoms with van der Waals surface area (Å²) >= 11 is 1.26. The van der Waals surface area contributed by atoms with E-state index < -0.39 is 0 Å². The smallest absolute Gasteiger partial charge is 0.257 e. The normalized spacial score (nSPS) is 22.9. The molecular weight excluding hydrogens is 274 g/mol. The molecule has 0 aromatic carbocycles. The summed E-state index contributed by atoms with van der Waals surface area (Å²) in [6.45, 7) is 3.26. The van der Waals surface area contributed by atoms with E-state index in [9.17, 15) is 4.79 Å². The van der Waals surface area contributed by atoms with Crippen LogP contribution >= 0.6 is 11.5 Å². The van der Waals surface area contributed by atoms with Crippen LogP contribution in [0.5, 0.6) is 0 Å². The number of amides is 1. The summed E-state index contributed by atoms with van der Waals surface area (Å²) in [6, 6.07) is 0.848. The second kappa shape index (κ2) is 5.57. The van der Waals surface area contributed by atoms with Gasteiger partial charge in [0.05, 0.1) is 0 Å². The molecule has 1 saturated carbocycles. The maximum atomic E-state index is 11.8. The summed E-state index contributed by atoms with van der Waals surface area (Å²) < 4.78 is 4.07. The third kappa shape index (κ3) is 2.73. The molecule has 1 aliphatic heterocycles. The number of hydrogen-bond donors (Lipinski definition) is 3. The van der Waals surface area contributed by atoms with Gasteiger partial charge in [-0.1, -0.05) is 0 Å². The monoisotopic (exact) mass is 295 g/mol. The molecule has 2 heterocycles. The zero-order valence-corrected chi connectivity index (χ0v) is 12.5. The molecule has 20 heavy (non-hydrogen) atoms. The molecule has 0 bridgehead atoms. The maximum Gasteiger partial charge on any atom is 0.257 e. The minimum Gasteiger partial charge on any atom is -0.382 e. The van der Waals surface area contributed by atoms with E-state index in [2.05, 4.69) is 19.9 Å². The Morgan fingerprint density at radius 3 is 3.00 bits per heavy atom. The van der Waals surface area contributed by atoms with Gasteiger partial charge in [0.15, 0.2) is 5.82 Å². The first kappa shape index (κ1) is 13.6. The molecular formula is C13H21N5OS. The van der Waals surface area contributed by atoms with E-state index in [1.807, 2.05) is 0 Å². The number of likely N-dealkylation sites (tertiary alicyclic amines) is 1. The van der Waals surface area contributed by atoms with Gasteiger partial charge in [-0.15, -0.1) is 0 Å². The fourth-order valence-electron chi connectivity index (χ4n) is 2.81. The molecule has 2 fully saturated rings. The van der Waals surface area contributed by atoms with Gasteiger partial charge in [-0.3, -0.25) is 4.79 Å². The van der Waals surface area contributed by atoms with Crippen molar-refractivity contribution in [3.8, 4) is 0 Å². The van der Waals surface area contributed by atoms with Crippen molar-refractivity contribution in [1.29, 1.82) is 0 Å². The predicted octanol–water partition coefficient (Wildman–Crippen LogP) is 0.981. The quantitative estimate of drug-likeness (QED) is 0.754. The molecule has 1 aromatic heterocycles. The van der Waals surface area contributed by atoms with Crippen molar-refractivity contribution in [2.45, 2.75) is 25.3 Å². The van der Waals surface area contributed by atoms with E-state index in [1.54, 1.807) is 7.05 Å². The SMILES string of the molecule is CNC(=O)c1c(N)nsc1NCC1CCN(C2CC2)C1. The van der Waals surface area contributed by atoms with Crippen LogP contribution in [0.3, 0.4) is 0 Å². The van der Waals surface area contributed by atoms with E-state index in [4.69, 9.17) is 5.73 Å². The fraction of sp³-hybridized carbons (Fsp3) is 0.692. The van der Waals surface area contributed by atoms with E-state index >= 15 is 0 Å². The lowest BCUT2D eigenvalue weighted by Gasteiger charge is -2.15. The van der Waals surface area contributed by atoms with E-state index in [1.165, 1.54) is 43.9 Å². The highest BCUT2D eigenvalue weighted by molar-refractivity contribution is 7.11. The number of nitrogens with two attached hydrogens (primary N) is 1. The van der Waals surface area contributed by atoms with Gasteiger partial charge in [0.25, 0.3) is 5.91 Å². The largest absolute Gasteiger partial charge is 0.382 e. The molecule has 2 aliphatic rings. The van der Waals surface area contributed by atoms with Gasteiger partial charge in [-0.05, 0) is 43.3 Å². The first-order valence-electron chi connectivity index (χ1n) is 7.14. The first-order valence-corrected chi connectivity index (χ1v) is 7.91. The average Bonchev–Trinajstić information content (AvgIpc) is 3.08. The molecule has 3 rings (SSSR count). The Labute approximate surface area is 122 Å². The number of aromatic nitrogens is 1. The summed E-state index contributed by atoms with van der Waals surface area (Å²) in [4.78, 5) is 14.4. The Bertz CT molecular complexity index is 499. The van der Waals surface area contributed by atoms with Crippen molar-refractivity contribution in [1.82, 2.24) is 14.6 Å². The molecule has 7 heteroatoms.